The molecule has 1 saturated carbocycles. The Kier molecular flexibility index (Phi) is 10.6. The van der Waals surface area contributed by atoms with E-state index in [2.05, 4.69) is 5.32 Å². The summed E-state index contributed by atoms with van der Waals surface area (Å²) < 4.78 is 51.6. The molecule has 0 aromatic heterocycles. The first-order valence-electron chi connectivity index (χ1n) is 14.2. The fourth-order valence-corrected chi connectivity index (χ4v) is 6.15. The molecule has 0 aliphatic heterocycles. The number of ether oxygens (including phenoxy) is 2. The highest BCUT2D eigenvalue weighted by molar-refractivity contribution is 7.92. The van der Waals surface area contributed by atoms with Crippen LogP contribution in [0.3, 0.4) is 0 Å². The Morgan fingerprint density at radius 2 is 1.63 bits per heavy atom. The second-order valence-electron chi connectivity index (χ2n) is 10.7. The molecule has 2 amide bonds. The summed E-state index contributed by atoms with van der Waals surface area (Å²) in [6, 6.07) is 18.6. The van der Waals surface area contributed by atoms with Crippen LogP contribution in [0.4, 0.5) is 10.1 Å². The second kappa shape index (κ2) is 14.4. The van der Waals surface area contributed by atoms with Gasteiger partial charge < -0.3 is 19.7 Å². The maximum Gasteiger partial charge on any atom is 0.244 e. The summed E-state index contributed by atoms with van der Waals surface area (Å²) in [6.45, 7) is -0.628. The predicted molar refractivity (Wildman–Crippen MR) is 163 cm³/mol. The number of hydrogen-bond donors (Lipinski definition) is 1. The van der Waals surface area contributed by atoms with E-state index in [4.69, 9.17) is 9.47 Å². The lowest BCUT2D eigenvalue weighted by atomic mass is 10.0. The smallest absolute Gasteiger partial charge is 0.244 e. The number of halogens is 1. The minimum absolute atomic E-state index is 0.00428. The molecular weight excluding hydrogens is 573 g/mol. The molecule has 230 valence electrons. The predicted octanol–water partition coefficient (Wildman–Crippen LogP) is 4.31. The summed E-state index contributed by atoms with van der Waals surface area (Å²) >= 11 is 0. The van der Waals surface area contributed by atoms with Gasteiger partial charge in [0.1, 0.15) is 29.9 Å². The first kappa shape index (κ1) is 31.8. The molecular formula is C32H38FN3O6S. The molecule has 1 N–H and O–H groups in total. The van der Waals surface area contributed by atoms with Gasteiger partial charge in [-0.1, -0.05) is 55.3 Å². The van der Waals surface area contributed by atoms with Crippen LogP contribution in [0.1, 0.15) is 36.8 Å². The van der Waals surface area contributed by atoms with Crippen molar-refractivity contribution < 1.29 is 31.9 Å². The van der Waals surface area contributed by atoms with Gasteiger partial charge in [-0.3, -0.25) is 13.9 Å². The van der Waals surface area contributed by atoms with Crippen molar-refractivity contribution in [1.29, 1.82) is 0 Å². The molecule has 9 nitrogen and oxygen atoms in total. The SMILES string of the molecule is COc1ccc(N(CC(=O)N(Cc2ccc(F)cc2)C(Cc2ccccc2)C(=O)NC2CCCC2)S(C)(=O)=O)c(OC)c1. The van der Waals surface area contributed by atoms with Crippen LogP contribution in [0.25, 0.3) is 0 Å². The Morgan fingerprint density at radius 1 is 0.953 bits per heavy atom. The van der Waals surface area contributed by atoms with Crippen LogP contribution in [-0.4, -0.2) is 64.2 Å². The number of carbonyl (C=O) groups excluding carboxylic acids is 2. The van der Waals surface area contributed by atoms with E-state index in [1.807, 2.05) is 30.3 Å². The number of rotatable bonds is 13. The van der Waals surface area contributed by atoms with E-state index in [9.17, 15) is 22.4 Å². The van der Waals surface area contributed by atoms with Gasteiger partial charge in [0, 0.05) is 25.1 Å². The molecule has 0 radical (unpaired) electrons. The number of carbonyl (C=O) groups is 2. The molecule has 0 spiro atoms. The van der Waals surface area contributed by atoms with Crippen LogP contribution >= 0.6 is 0 Å². The molecule has 1 unspecified atom stereocenters. The zero-order chi connectivity index (χ0) is 31.0. The Bertz CT molecular complexity index is 1500. The van der Waals surface area contributed by atoms with Gasteiger partial charge in [-0.25, -0.2) is 12.8 Å². The normalized spacial score (nSPS) is 14.1. The van der Waals surface area contributed by atoms with Crippen molar-refractivity contribution in [1.82, 2.24) is 10.2 Å². The number of nitrogens with zero attached hydrogens (tertiary/aromatic N) is 2. The third kappa shape index (κ3) is 8.47. The van der Waals surface area contributed by atoms with Crippen LogP contribution in [0.5, 0.6) is 11.5 Å². The van der Waals surface area contributed by atoms with Gasteiger partial charge in [-0.05, 0) is 48.2 Å². The van der Waals surface area contributed by atoms with E-state index < -0.39 is 34.3 Å². The molecule has 0 bridgehead atoms. The Labute approximate surface area is 252 Å². The number of anilines is 1. The van der Waals surface area contributed by atoms with Gasteiger partial charge >= 0.3 is 0 Å². The van der Waals surface area contributed by atoms with Crippen molar-refractivity contribution in [3.05, 3.63) is 89.7 Å². The highest BCUT2D eigenvalue weighted by atomic mass is 32.2. The van der Waals surface area contributed by atoms with Crippen LogP contribution in [0.15, 0.2) is 72.8 Å². The van der Waals surface area contributed by atoms with Crippen molar-refractivity contribution >= 4 is 27.5 Å². The van der Waals surface area contributed by atoms with Crippen LogP contribution < -0.4 is 19.1 Å². The van der Waals surface area contributed by atoms with Crippen molar-refractivity contribution in [2.45, 2.75) is 50.7 Å². The molecule has 1 fully saturated rings. The molecule has 0 heterocycles. The number of nitrogens with one attached hydrogen (secondary N) is 1. The molecule has 0 saturated heterocycles. The summed E-state index contributed by atoms with van der Waals surface area (Å²) in [7, 11) is -1.12. The molecule has 1 aliphatic rings. The van der Waals surface area contributed by atoms with Crippen LogP contribution in [0, 0.1) is 5.82 Å². The summed E-state index contributed by atoms with van der Waals surface area (Å²) in [5, 5.41) is 3.12. The molecule has 11 heteroatoms. The van der Waals surface area contributed by atoms with Crippen molar-refractivity contribution in [2.24, 2.45) is 0 Å². The third-order valence-electron chi connectivity index (χ3n) is 7.57. The fraction of sp³-hybridized carbons (Fsp3) is 0.375. The maximum atomic E-state index is 14.2. The lowest BCUT2D eigenvalue weighted by molar-refractivity contribution is -0.140. The second-order valence-corrected chi connectivity index (χ2v) is 12.6. The molecule has 3 aromatic carbocycles. The Morgan fingerprint density at radius 3 is 2.23 bits per heavy atom. The Hall–Kier alpha value is -4.12. The molecule has 1 aliphatic carbocycles. The number of hydrogen-bond acceptors (Lipinski definition) is 6. The number of methoxy groups -OCH3 is 2. The molecule has 4 rings (SSSR count). The zero-order valence-electron chi connectivity index (χ0n) is 24.7. The summed E-state index contributed by atoms with van der Waals surface area (Å²) in [5.74, 6) is -0.710. The number of benzene rings is 3. The first-order chi connectivity index (χ1) is 20.6. The summed E-state index contributed by atoms with van der Waals surface area (Å²) in [6.07, 6.45) is 4.95. The summed E-state index contributed by atoms with van der Waals surface area (Å²) in [5.41, 5.74) is 1.58. The van der Waals surface area contributed by atoms with E-state index in [1.165, 1.54) is 43.4 Å². The average molecular weight is 612 g/mol. The van der Waals surface area contributed by atoms with Gasteiger partial charge in [0.15, 0.2) is 0 Å². The van der Waals surface area contributed by atoms with Crippen LogP contribution in [-0.2, 0) is 32.6 Å². The zero-order valence-corrected chi connectivity index (χ0v) is 25.5. The monoisotopic (exact) mass is 611 g/mol. The Balaban J connectivity index is 1.74. The highest BCUT2D eigenvalue weighted by Gasteiger charge is 2.35. The minimum atomic E-state index is -3.99. The van der Waals surface area contributed by atoms with E-state index in [0.29, 0.717) is 11.3 Å². The van der Waals surface area contributed by atoms with Gasteiger partial charge in [0.2, 0.25) is 21.8 Å². The van der Waals surface area contributed by atoms with Crippen molar-refractivity contribution in [3.8, 4) is 11.5 Å². The largest absolute Gasteiger partial charge is 0.497 e. The van der Waals surface area contributed by atoms with Crippen LogP contribution in [0.2, 0.25) is 0 Å². The van der Waals surface area contributed by atoms with Gasteiger partial charge in [0.05, 0.1) is 26.2 Å². The number of sulfonamides is 1. The van der Waals surface area contributed by atoms with Crippen molar-refractivity contribution in [3.63, 3.8) is 0 Å². The van der Waals surface area contributed by atoms with E-state index in [0.717, 1.165) is 41.8 Å². The van der Waals surface area contributed by atoms with Crippen molar-refractivity contribution in [2.75, 3.05) is 31.3 Å². The minimum Gasteiger partial charge on any atom is -0.497 e. The quantitative estimate of drug-likeness (QED) is 0.309. The highest BCUT2D eigenvalue weighted by Crippen LogP contribution is 2.34. The van der Waals surface area contributed by atoms with Gasteiger partial charge in [-0.15, -0.1) is 0 Å². The standard InChI is InChI=1S/C32H38FN3O6S/c1-41-27-17-18-28(30(20-27)42-2)36(43(3,39)40)22-31(37)35(21-24-13-15-25(33)16-14-24)29(19-23-9-5-4-6-10-23)32(38)34-26-11-7-8-12-26/h4-6,9-10,13-18,20,26,29H,7-8,11-12,19,21-22H2,1-3H3,(H,34,38). The molecule has 1 atom stereocenters. The first-order valence-corrected chi connectivity index (χ1v) is 16.0. The van der Waals surface area contributed by atoms with E-state index in [1.54, 1.807) is 18.2 Å². The van der Waals surface area contributed by atoms with E-state index in [-0.39, 0.29) is 36.4 Å². The lowest BCUT2D eigenvalue weighted by Gasteiger charge is -2.34. The average Bonchev–Trinajstić information content (AvgIpc) is 3.51. The molecule has 3 aromatic rings. The summed E-state index contributed by atoms with van der Waals surface area (Å²) in [4.78, 5) is 29.5. The number of amides is 2. The maximum absolute atomic E-state index is 14.2. The topological polar surface area (TPSA) is 105 Å². The van der Waals surface area contributed by atoms with Gasteiger partial charge in [-0.2, -0.15) is 0 Å². The van der Waals surface area contributed by atoms with E-state index >= 15 is 0 Å². The van der Waals surface area contributed by atoms with Gasteiger partial charge in [0.25, 0.3) is 0 Å². The lowest BCUT2D eigenvalue weighted by Crippen LogP contribution is -2.54. The molecule has 43 heavy (non-hydrogen) atoms. The third-order valence-corrected chi connectivity index (χ3v) is 8.70. The fourth-order valence-electron chi connectivity index (χ4n) is 5.29.